The lowest BCUT2D eigenvalue weighted by Crippen LogP contribution is -2.03. The summed E-state index contributed by atoms with van der Waals surface area (Å²) in [5.41, 5.74) is 6.05. The first-order chi connectivity index (χ1) is 16.6. The monoisotopic (exact) mass is 443 g/mol. The van der Waals surface area contributed by atoms with Gasteiger partial charge in [0.15, 0.2) is 11.6 Å². The molecule has 0 amide bonds. The molecule has 0 unspecified atom stereocenters. The zero-order chi connectivity index (χ0) is 23.7. The third-order valence-electron chi connectivity index (χ3n) is 6.34. The van der Waals surface area contributed by atoms with E-state index in [1.54, 1.807) is 6.08 Å². The zero-order valence-electron chi connectivity index (χ0n) is 19.3. The number of aryl methyl sites for hydroxylation is 2. The van der Waals surface area contributed by atoms with Gasteiger partial charge in [0.2, 0.25) is 0 Å². The van der Waals surface area contributed by atoms with Crippen LogP contribution in [0.25, 0.3) is 27.9 Å². The van der Waals surface area contributed by atoms with E-state index in [1.165, 1.54) is 0 Å². The molecule has 0 fully saturated rings. The molecule has 1 aromatic heterocycles. The third kappa shape index (κ3) is 3.86. The average molecular weight is 444 g/mol. The number of nitrogens with zero attached hydrogens (tertiary/aromatic N) is 1. The van der Waals surface area contributed by atoms with Gasteiger partial charge in [0, 0.05) is 45.0 Å². The molecule has 0 saturated heterocycles. The quantitative estimate of drug-likeness (QED) is 0.205. The second-order valence-electron chi connectivity index (χ2n) is 8.46. The SMILES string of the molecule is CCn1c2ccc(C(=O)/C=C/c3ccccc3)cc2c2cc(C(=O)c3ccccc3C)ccc21. The van der Waals surface area contributed by atoms with Crippen LogP contribution in [0.5, 0.6) is 0 Å². The summed E-state index contributed by atoms with van der Waals surface area (Å²) in [4.78, 5) is 26.2. The van der Waals surface area contributed by atoms with Crippen molar-refractivity contribution in [3.05, 3.63) is 125 Å². The summed E-state index contributed by atoms with van der Waals surface area (Å²) in [5, 5.41) is 1.97. The molecule has 0 aliphatic rings. The minimum Gasteiger partial charge on any atom is -0.341 e. The minimum absolute atomic E-state index is 0.00965. The lowest BCUT2D eigenvalue weighted by atomic mass is 9.97. The Morgan fingerprint density at radius 3 is 2.06 bits per heavy atom. The van der Waals surface area contributed by atoms with Crippen LogP contribution in [0.15, 0.2) is 97.1 Å². The van der Waals surface area contributed by atoms with Gasteiger partial charge >= 0.3 is 0 Å². The minimum atomic E-state index is -0.0460. The van der Waals surface area contributed by atoms with E-state index >= 15 is 0 Å². The molecule has 5 aromatic rings. The van der Waals surface area contributed by atoms with Gasteiger partial charge in [-0.25, -0.2) is 0 Å². The van der Waals surface area contributed by atoms with Crippen LogP contribution in [-0.4, -0.2) is 16.1 Å². The van der Waals surface area contributed by atoms with Gasteiger partial charge < -0.3 is 4.57 Å². The fourth-order valence-electron chi connectivity index (χ4n) is 4.55. The number of allylic oxidation sites excluding steroid dienone is 1. The Balaban J connectivity index is 1.60. The fourth-order valence-corrected chi connectivity index (χ4v) is 4.55. The number of aromatic nitrogens is 1. The van der Waals surface area contributed by atoms with Gasteiger partial charge in [0.05, 0.1) is 0 Å². The molecule has 0 saturated carbocycles. The molecule has 0 spiro atoms. The van der Waals surface area contributed by atoms with Crippen molar-refractivity contribution in [3.63, 3.8) is 0 Å². The molecule has 3 nitrogen and oxygen atoms in total. The van der Waals surface area contributed by atoms with Crippen molar-refractivity contribution in [3.8, 4) is 0 Å². The van der Waals surface area contributed by atoms with Crippen LogP contribution in [-0.2, 0) is 6.54 Å². The second kappa shape index (κ2) is 8.95. The number of carbonyl (C=O) groups excluding carboxylic acids is 2. The summed E-state index contributed by atoms with van der Waals surface area (Å²) < 4.78 is 2.22. The Labute approximate surface area is 199 Å². The maximum atomic E-state index is 13.2. The summed E-state index contributed by atoms with van der Waals surface area (Å²) in [7, 11) is 0. The van der Waals surface area contributed by atoms with E-state index in [4.69, 9.17) is 0 Å². The Bertz CT molecular complexity index is 1570. The van der Waals surface area contributed by atoms with Crippen LogP contribution < -0.4 is 0 Å². The molecule has 166 valence electrons. The first-order valence-corrected chi connectivity index (χ1v) is 11.5. The highest BCUT2D eigenvalue weighted by molar-refractivity contribution is 6.17. The molecule has 3 heteroatoms. The van der Waals surface area contributed by atoms with Crippen molar-refractivity contribution in [1.82, 2.24) is 4.57 Å². The standard InChI is InChI=1S/C31H25NO2/c1-3-32-28-16-14-23(30(33)18-13-22-10-5-4-6-11-22)19-26(28)27-20-24(15-17-29(27)32)31(34)25-12-8-7-9-21(25)2/h4-20H,3H2,1-2H3/b18-13+. The fraction of sp³-hybridized carbons (Fsp3) is 0.0968. The number of carbonyl (C=O) groups is 2. The van der Waals surface area contributed by atoms with Crippen molar-refractivity contribution in [2.45, 2.75) is 20.4 Å². The van der Waals surface area contributed by atoms with Crippen LogP contribution in [0.1, 0.15) is 44.3 Å². The van der Waals surface area contributed by atoms with Crippen LogP contribution in [0.3, 0.4) is 0 Å². The van der Waals surface area contributed by atoms with Crippen molar-refractivity contribution in [2.75, 3.05) is 0 Å². The summed E-state index contributed by atoms with van der Waals surface area (Å²) in [6.45, 7) is 4.86. The average Bonchev–Trinajstić information content (AvgIpc) is 3.20. The smallest absolute Gasteiger partial charge is 0.193 e. The zero-order valence-corrected chi connectivity index (χ0v) is 19.3. The van der Waals surface area contributed by atoms with Crippen molar-refractivity contribution < 1.29 is 9.59 Å². The van der Waals surface area contributed by atoms with Crippen molar-refractivity contribution in [1.29, 1.82) is 0 Å². The highest BCUT2D eigenvalue weighted by Gasteiger charge is 2.16. The summed E-state index contributed by atoms with van der Waals surface area (Å²) in [6.07, 6.45) is 3.45. The van der Waals surface area contributed by atoms with E-state index in [9.17, 15) is 9.59 Å². The highest BCUT2D eigenvalue weighted by Crippen LogP contribution is 2.31. The molecule has 34 heavy (non-hydrogen) atoms. The molecule has 0 aliphatic heterocycles. The maximum absolute atomic E-state index is 13.2. The van der Waals surface area contributed by atoms with Crippen LogP contribution in [0.2, 0.25) is 0 Å². The Morgan fingerprint density at radius 2 is 1.38 bits per heavy atom. The van der Waals surface area contributed by atoms with E-state index < -0.39 is 0 Å². The van der Waals surface area contributed by atoms with Gasteiger partial charge in [-0.1, -0.05) is 60.7 Å². The highest BCUT2D eigenvalue weighted by atomic mass is 16.1. The number of hydrogen-bond acceptors (Lipinski definition) is 2. The molecule has 0 bridgehead atoms. The number of benzene rings is 4. The van der Waals surface area contributed by atoms with Gasteiger partial charge in [0.1, 0.15) is 0 Å². The lowest BCUT2D eigenvalue weighted by molar-refractivity contribution is 0.103. The van der Waals surface area contributed by atoms with Gasteiger partial charge in [0.25, 0.3) is 0 Å². The van der Waals surface area contributed by atoms with Crippen LogP contribution in [0, 0.1) is 6.92 Å². The summed E-state index contributed by atoms with van der Waals surface area (Å²) in [6, 6.07) is 29.2. The first-order valence-electron chi connectivity index (χ1n) is 11.5. The third-order valence-corrected chi connectivity index (χ3v) is 6.34. The van der Waals surface area contributed by atoms with Gasteiger partial charge in [-0.15, -0.1) is 0 Å². The van der Waals surface area contributed by atoms with Crippen LogP contribution >= 0.6 is 0 Å². The predicted octanol–water partition coefficient (Wildman–Crippen LogP) is 7.25. The Hall–Kier alpha value is -4.24. The van der Waals surface area contributed by atoms with Crippen molar-refractivity contribution >= 4 is 39.4 Å². The van der Waals surface area contributed by atoms with E-state index in [0.29, 0.717) is 16.7 Å². The number of fused-ring (bicyclic) bond motifs is 3. The van der Waals surface area contributed by atoms with Gasteiger partial charge in [-0.2, -0.15) is 0 Å². The molecule has 1 heterocycles. The topological polar surface area (TPSA) is 39.1 Å². The first kappa shape index (κ1) is 21.6. The Kier molecular flexibility index (Phi) is 5.69. The number of hydrogen-bond donors (Lipinski definition) is 0. The summed E-state index contributed by atoms with van der Waals surface area (Å²) in [5.74, 6) is -0.0364. The van der Waals surface area contributed by atoms with E-state index in [1.807, 2.05) is 104 Å². The Morgan fingerprint density at radius 1 is 0.765 bits per heavy atom. The lowest BCUT2D eigenvalue weighted by Gasteiger charge is -2.06. The summed E-state index contributed by atoms with van der Waals surface area (Å²) >= 11 is 0. The molecule has 0 radical (unpaired) electrons. The number of ketones is 2. The largest absolute Gasteiger partial charge is 0.341 e. The molecular weight excluding hydrogens is 418 g/mol. The van der Waals surface area contributed by atoms with Gasteiger partial charge in [-0.05, 0) is 67.4 Å². The molecular formula is C31H25NO2. The molecule has 5 rings (SSSR count). The van der Waals surface area contributed by atoms with Crippen molar-refractivity contribution in [2.24, 2.45) is 0 Å². The molecule has 0 atom stereocenters. The normalized spacial score (nSPS) is 11.5. The van der Waals surface area contributed by atoms with Crippen LogP contribution in [0.4, 0.5) is 0 Å². The van der Waals surface area contributed by atoms with E-state index in [0.717, 1.165) is 39.5 Å². The molecule has 4 aromatic carbocycles. The predicted molar refractivity (Wildman–Crippen MR) is 140 cm³/mol. The molecule has 0 aliphatic carbocycles. The number of rotatable bonds is 6. The van der Waals surface area contributed by atoms with E-state index in [2.05, 4.69) is 11.5 Å². The van der Waals surface area contributed by atoms with Gasteiger partial charge in [-0.3, -0.25) is 9.59 Å². The van der Waals surface area contributed by atoms with E-state index in [-0.39, 0.29) is 11.6 Å². The second-order valence-corrected chi connectivity index (χ2v) is 8.46. The maximum Gasteiger partial charge on any atom is 0.193 e. The molecule has 0 N–H and O–H groups in total.